The highest BCUT2D eigenvalue weighted by Crippen LogP contribution is 2.22. The average Bonchev–Trinajstić information content (AvgIpc) is 2.76. The zero-order valence-corrected chi connectivity index (χ0v) is 10.2. The zero-order valence-electron chi connectivity index (χ0n) is 10.2. The molecule has 0 aromatic rings. The molecule has 1 unspecified atom stereocenters. The summed E-state index contributed by atoms with van der Waals surface area (Å²) in [4.78, 5) is 0. The maximum Gasteiger partial charge on any atom is 0.144 e. The van der Waals surface area contributed by atoms with E-state index in [1.54, 1.807) is 0 Å². The number of nitrogens with two attached hydrogens (primary N) is 1. The Labute approximate surface area is 97.0 Å². The van der Waals surface area contributed by atoms with Crippen molar-refractivity contribution in [2.45, 2.75) is 39.2 Å². The molecule has 5 nitrogen and oxygen atoms in total. The molecule has 0 aromatic heterocycles. The summed E-state index contributed by atoms with van der Waals surface area (Å²) in [5.74, 6) is 0.302. The lowest BCUT2D eigenvalue weighted by molar-refractivity contribution is 0.190. The van der Waals surface area contributed by atoms with Crippen LogP contribution in [0.1, 0.15) is 33.1 Å². The predicted octanol–water partition coefficient (Wildman–Crippen LogP) is 0.918. The van der Waals surface area contributed by atoms with Crippen LogP contribution in [0.2, 0.25) is 0 Å². The molecule has 94 valence electrons. The molecule has 1 atom stereocenters. The molecule has 1 heterocycles. The highest BCUT2D eigenvalue weighted by Gasteiger charge is 2.23. The summed E-state index contributed by atoms with van der Waals surface area (Å²) in [7, 11) is 0. The van der Waals surface area contributed by atoms with Gasteiger partial charge in [0.1, 0.15) is 5.84 Å². The van der Waals surface area contributed by atoms with Crippen LogP contribution in [0.3, 0.4) is 0 Å². The van der Waals surface area contributed by atoms with Crippen molar-refractivity contribution in [3.8, 4) is 0 Å². The van der Waals surface area contributed by atoms with Crippen molar-refractivity contribution >= 4 is 5.84 Å². The minimum atomic E-state index is -0.234. The van der Waals surface area contributed by atoms with Gasteiger partial charge in [-0.3, -0.25) is 0 Å². The number of nitrogens with zero attached hydrogens (tertiary/aromatic N) is 1. The van der Waals surface area contributed by atoms with Gasteiger partial charge < -0.3 is 21.0 Å². The second-order valence-corrected chi connectivity index (χ2v) is 4.99. The van der Waals surface area contributed by atoms with Gasteiger partial charge >= 0.3 is 0 Å². The van der Waals surface area contributed by atoms with E-state index in [1.807, 2.05) is 13.8 Å². The summed E-state index contributed by atoms with van der Waals surface area (Å²) in [5.41, 5.74) is 5.38. The molecule has 4 N–H and O–H groups in total. The van der Waals surface area contributed by atoms with E-state index in [0.717, 1.165) is 39.0 Å². The van der Waals surface area contributed by atoms with Crippen molar-refractivity contribution in [1.82, 2.24) is 5.32 Å². The fourth-order valence-electron chi connectivity index (χ4n) is 1.80. The molecule has 0 spiro atoms. The molecule has 0 aliphatic carbocycles. The van der Waals surface area contributed by atoms with Crippen LogP contribution in [0.15, 0.2) is 5.16 Å². The molecule has 16 heavy (non-hydrogen) atoms. The van der Waals surface area contributed by atoms with Crippen LogP contribution in [0, 0.1) is 5.41 Å². The van der Waals surface area contributed by atoms with Gasteiger partial charge in [-0.1, -0.05) is 19.0 Å². The second-order valence-electron chi connectivity index (χ2n) is 4.99. The molecule has 1 aliphatic rings. The number of ether oxygens (including phenoxy) is 1. The molecular formula is C11H23N3O2. The summed E-state index contributed by atoms with van der Waals surface area (Å²) < 4.78 is 5.28. The normalized spacial score (nSPS) is 22.6. The summed E-state index contributed by atoms with van der Waals surface area (Å²) in [6.45, 7) is 6.62. The minimum absolute atomic E-state index is 0.234. The van der Waals surface area contributed by atoms with Crippen LogP contribution >= 0.6 is 0 Å². The highest BCUT2D eigenvalue weighted by atomic mass is 16.5. The molecule has 0 saturated carbocycles. The van der Waals surface area contributed by atoms with E-state index in [4.69, 9.17) is 15.7 Å². The first-order valence-corrected chi connectivity index (χ1v) is 5.85. The Bertz CT molecular complexity index is 235. The molecule has 0 aromatic carbocycles. The fourth-order valence-corrected chi connectivity index (χ4v) is 1.80. The van der Waals surface area contributed by atoms with Crippen LogP contribution in [-0.4, -0.2) is 36.8 Å². The third-order valence-electron chi connectivity index (χ3n) is 3.14. The number of amidine groups is 1. The van der Waals surface area contributed by atoms with E-state index in [0.29, 0.717) is 11.9 Å². The Hall–Kier alpha value is -0.810. The Balaban J connectivity index is 2.14. The first-order valence-electron chi connectivity index (χ1n) is 5.85. The zero-order chi connectivity index (χ0) is 12.0. The standard InChI is InChI=1S/C11H23N3O2/c1-11(2,10(12)14-15)5-3-6-13-9-4-7-16-8-9/h9,13,15H,3-8H2,1-2H3,(H2,12,14). The van der Waals surface area contributed by atoms with Gasteiger partial charge in [0.2, 0.25) is 0 Å². The van der Waals surface area contributed by atoms with E-state index < -0.39 is 0 Å². The van der Waals surface area contributed by atoms with Crippen LogP contribution in [0.4, 0.5) is 0 Å². The summed E-state index contributed by atoms with van der Waals surface area (Å²) >= 11 is 0. The van der Waals surface area contributed by atoms with Gasteiger partial charge in [-0.05, 0) is 25.8 Å². The van der Waals surface area contributed by atoms with Crippen LogP contribution in [-0.2, 0) is 4.74 Å². The minimum Gasteiger partial charge on any atom is -0.409 e. The molecule has 1 saturated heterocycles. The van der Waals surface area contributed by atoms with Crippen molar-refractivity contribution in [3.63, 3.8) is 0 Å². The van der Waals surface area contributed by atoms with Gasteiger partial charge in [0.05, 0.1) is 6.61 Å². The van der Waals surface area contributed by atoms with Gasteiger partial charge in [-0.15, -0.1) is 0 Å². The van der Waals surface area contributed by atoms with Crippen LogP contribution in [0.25, 0.3) is 0 Å². The third kappa shape index (κ3) is 3.98. The van der Waals surface area contributed by atoms with Gasteiger partial charge in [0, 0.05) is 18.1 Å². The van der Waals surface area contributed by atoms with E-state index >= 15 is 0 Å². The molecule has 1 aliphatic heterocycles. The van der Waals surface area contributed by atoms with Crippen molar-refractivity contribution in [3.05, 3.63) is 0 Å². The Morgan fingerprint density at radius 2 is 2.38 bits per heavy atom. The molecule has 5 heteroatoms. The molecule has 0 bridgehead atoms. The van der Waals surface area contributed by atoms with E-state index in [-0.39, 0.29) is 5.41 Å². The molecule has 1 fully saturated rings. The van der Waals surface area contributed by atoms with E-state index in [9.17, 15) is 0 Å². The lowest BCUT2D eigenvalue weighted by Crippen LogP contribution is -2.34. The number of rotatable bonds is 6. The van der Waals surface area contributed by atoms with Crippen LogP contribution < -0.4 is 11.1 Å². The monoisotopic (exact) mass is 229 g/mol. The Morgan fingerprint density at radius 3 is 2.94 bits per heavy atom. The maximum atomic E-state index is 8.63. The van der Waals surface area contributed by atoms with Gasteiger partial charge in [-0.2, -0.15) is 0 Å². The molecule has 1 rings (SSSR count). The van der Waals surface area contributed by atoms with E-state index in [2.05, 4.69) is 10.5 Å². The predicted molar refractivity (Wildman–Crippen MR) is 63.7 cm³/mol. The van der Waals surface area contributed by atoms with Crippen molar-refractivity contribution in [2.24, 2.45) is 16.3 Å². The summed E-state index contributed by atoms with van der Waals surface area (Å²) in [6.07, 6.45) is 3.02. The smallest absolute Gasteiger partial charge is 0.144 e. The summed E-state index contributed by atoms with van der Waals surface area (Å²) in [6, 6.07) is 0.506. The molecular weight excluding hydrogens is 206 g/mol. The fraction of sp³-hybridized carbons (Fsp3) is 0.909. The van der Waals surface area contributed by atoms with Gasteiger partial charge in [-0.25, -0.2) is 0 Å². The first-order chi connectivity index (χ1) is 7.56. The molecule has 0 amide bonds. The lowest BCUT2D eigenvalue weighted by atomic mass is 9.86. The van der Waals surface area contributed by atoms with Crippen molar-refractivity contribution in [2.75, 3.05) is 19.8 Å². The van der Waals surface area contributed by atoms with Gasteiger partial charge in [0.15, 0.2) is 0 Å². The van der Waals surface area contributed by atoms with Gasteiger partial charge in [0.25, 0.3) is 0 Å². The van der Waals surface area contributed by atoms with E-state index in [1.165, 1.54) is 0 Å². The highest BCUT2D eigenvalue weighted by molar-refractivity contribution is 5.85. The van der Waals surface area contributed by atoms with Crippen LogP contribution in [0.5, 0.6) is 0 Å². The summed E-state index contributed by atoms with van der Waals surface area (Å²) in [5, 5.41) is 15.1. The lowest BCUT2D eigenvalue weighted by Gasteiger charge is -2.23. The third-order valence-corrected chi connectivity index (χ3v) is 3.14. The molecule has 0 radical (unpaired) electrons. The second kappa shape index (κ2) is 6.06. The largest absolute Gasteiger partial charge is 0.409 e. The van der Waals surface area contributed by atoms with Crippen molar-refractivity contribution < 1.29 is 9.94 Å². The average molecular weight is 229 g/mol. The number of hydrogen-bond acceptors (Lipinski definition) is 4. The SMILES string of the molecule is CC(C)(CCCNC1CCOC1)C(N)=NO. The first kappa shape index (κ1) is 13.3. The Morgan fingerprint density at radius 1 is 1.62 bits per heavy atom. The maximum absolute atomic E-state index is 8.63. The van der Waals surface area contributed by atoms with Crippen molar-refractivity contribution in [1.29, 1.82) is 0 Å². The number of hydrogen-bond donors (Lipinski definition) is 3. The Kier molecular flexibility index (Phi) is 5.02. The topological polar surface area (TPSA) is 79.9 Å². The number of oxime groups is 1. The number of nitrogens with one attached hydrogen (secondary N) is 1. The quantitative estimate of drug-likeness (QED) is 0.208.